The monoisotopic (exact) mass is 248 g/mol. The summed E-state index contributed by atoms with van der Waals surface area (Å²) in [6.07, 6.45) is 2.11. The SMILES string of the molecule is C[C@@](O)(CNC(=O)NCc1ccccc1)C1CC1. The van der Waals surface area contributed by atoms with Crippen LogP contribution >= 0.6 is 0 Å². The first-order chi connectivity index (χ1) is 8.58. The summed E-state index contributed by atoms with van der Waals surface area (Å²) < 4.78 is 0. The zero-order valence-electron chi connectivity index (χ0n) is 10.6. The molecule has 1 aromatic carbocycles. The summed E-state index contributed by atoms with van der Waals surface area (Å²) in [4.78, 5) is 11.6. The van der Waals surface area contributed by atoms with Crippen LogP contribution in [0.1, 0.15) is 25.3 Å². The molecule has 4 nitrogen and oxygen atoms in total. The third-order valence-corrected chi connectivity index (χ3v) is 3.36. The average molecular weight is 248 g/mol. The molecule has 0 radical (unpaired) electrons. The van der Waals surface area contributed by atoms with E-state index in [0.717, 1.165) is 18.4 Å². The fraction of sp³-hybridized carbons (Fsp3) is 0.500. The molecule has 0 spiro atoms. The average Bonchev–Trinajstić information content (AvgIpc) is 3.20. The molecule has 0 aromatic heterocycles. The summed E-state index contributed by atoms with van der Waals surface area (Å²) in [5.74, 6) is 0.340. The predicted molar refractivity (Wildman–Crippen MR) is 70.0 cm³/mol. The van der Waals surface area contributed by atoms with E-state index in [2.05, 4.69) is 10.6 Å². The summed E-state index contributed by atoms with van der Waals surface area (Å²) in [7, 11) is 0. The van der Waals surface area contributed by atoms with Crippen molar-refractivity contribution in [1.29, 1.82) is 0 Å². The van der Waals surface area contributed by atoms with Crippen LogP contribution in [-0.2, 0) is 6.54 Å². The molecule has 1 aliphatic rings. The Bertz CT molecular complexity index is 400. The Balaban J connectivity index is 1.69. The lowest BCUT2D eigenvalue weighted by molar-refractivity contribution is 0.0394. The van der Waals surface area contributed by atoms with Crippen molar-refractivity contribution in [3.63, 3.8) is 0 Å². The Morgan fingerprint density at radius 1 is 1.33 bits per heavy atom. The van der Waals surface area contributed by atoms with Crippen molar-refractivity contribution in [2.45, 2.75) is 31.9 Å². The summed E-state index contributed by atoms with van der Waals surface area (Å²) >= 11 is 0. The van der Waals surface area contributed by atoms with Crippen LogP contribution in [0.2, 0.25) is 0 Å². The first-order valence-corrected chi connectivity index (χ1v) is 6.36. The van der Waals surface area contributed by atoms with E-state index in [9.17, 15) is 9.90 Å². The van der Waals surface area contributed by atoms with E-state index in [0.29, 0.717) is 19.0 Å². The number of aliphatic hydroxyl groups is 1. The molecule has 1 fully saturated rings. The Kier molecular flexibility index (Phi) is 3.87. The number of carbonyl (C=O) groups is 1. The van der Waals surface area contributed by atoms with Gasteiger partial charge in [0, 0.05) is 13.1 Å². The minimum Gasteiger partial charge on any atom is -0.388 e. The molecule has 0 saturated heterocycles. The molecule has 0 aliphatic heterocycles. The fourth-order valence-corrected chi connectivity index (χ4v) is 1.95. The molecule has 18 heavy (non-hydrogen) atoms. The Labute approximate surface area is 107 Å². The van der Waals surface area contributed by atoms with E-state index in [1.807, 2.05) is 30.3 Å². The topological polar surface area (TPSA) is 61.4 Å². The maximum absolute atomic E-state index is 11.6. The molecule has 1 atom stereocenters. The Hall–Kier alpha value is -1.55. The first-order valence-electron chi connectivity index (χ1n) is 6.36. The van der Waals surface area contributed by atoms with Crippen LogP contribution < -0.4 is 10.6 Å². The zero-order valence-corrected chi connectivity index (χ0v) is 10.6. The lowest BCUT2D eigenvalue weighted by Crippen LogP contribution is -2.45. The van der Waals surface area contributed by atoms with Gasteiger partial charge in [0.1, 0.15) is 0 Å². The first kappa shape index (κ1) is 12.9. The van der Waals surface area contributed by atoms with Crippen LogP contribution in [0.3, 0.4) is 0 Å². The minimum absolute atomic E-state index is 0.236. The number of hydrogen-bond acceptors (Lipinski definition) is 2. The standard InChI is InChI=1S/C14H20N2O2/c1-14(18,12-7-8-12)10-16-13(17)15-9-11-5-3-2-4-6-11/h2-6,12,18H,7-10H2,1H3,(H2,15,16,17)/t14-/m1/s1. The molecule has 1 aromatic rings. The molecule has 0 bridgehead atoms. The number of amides is 2. The van der Waals surface area contributed by atoms with Gasteiger partial charge in [-0.05, 0) is 31.2 Å². The van der Waals surface area contributed by atoms with Gasteiger partial charge in [-0.25, -0.2) is 4.79 Å². The van der Waals surface area contributed by atoms with Gasteiger partial charge in [0.05, 0.1) is 5.60 Å². The second-order valence-electron chi connectivity index (χ2n) is 5.15. The fourth-order valence-electron chi connectivity index (χ4n) is 1.95. The summed E-state index contributed by atoms with van der Waals surface area (Å²) in [6.45, 7) is 2.58. The zero-order chi connectivity index (χ0) is 13.0. The van der Waals surface area contributed by atoms with Crippen LogP contribution in [0, 0.1) is 5.92 Å². The highest BCUT2D eigenvalue weighted by molar-refractivity contribution is 5.73. The van der Waals surface area contributed by atoms with Crippen molar-refractivity contribution >= 4 is 6.03 Å². The number of hydrogen-bond donors (Lipinski definition) is 3. The molecule has 0 heterocycles. The van der Waals surface area contributed by atoms with E-state index in [-0.39, 0.29) is 6.03 Å². The van der Waals surface area contributed by atoms with Gasteiger partial charge >= 0.3 is 6.03 Å². The third-order valence-electron chi connectivity index (χ3n) is 3.36. The number of rotatable bonds is 5. The molecule has 98 valence electrons. The number of carbonyl (C=O) groups excluding carboxylic acids is 1. The highest BCUT2D eigenvalue weighted by Gasteiger charge is 2.39. The normalized spacial score (nSPS) is 17.9. The maximum Gasteiger partial charge on any atom is 0.315 e. The highest BCUT2D eigenvalue weighted by Crippen LogP contribution is 2.38. The van der Waals surface area contributed by atoms with Crippen LogP contribution in [0.4, 0.5) is 4.79 Å². The van der Waals surface area contributed by atoms with Gasteiger partial charge < -0.3 is 15.7 Å². The molecule has 1 aliphatic carbocycles. The van der Waals surface area contributed by atoms with E-state index >= 15 is 0 Å². The van der Waals surface area contributed by atoms with Crippen molar-refractivity contribution in [2.24, 2.45) is 5.92 Å². The van der Waals surface area contributed by atoms with Crippen LogP contribution in [0.15, 0.2) is 30.3 Å². The Morgan fingerprint density at radius 3 is 2.61 bits per heavy atom. The van der Waals surface area contributed by atoms with Crippen LogP contribution in [-0.4, -0.2) is 23.3 Å². The molecule has 0 unspecified atom stereocenters. The third kappa shape index (κ3) is 3.74. The second-order valence-corrected chi connectivity index (χ2v) is 5.15. The smallest absolute Gasteiger partial charge is 0.315 e. The summed E-state index contributed by atoms with van der Waals surface area (Å²) in [6, 6.07) is 9.50. The van der Waals surface area contributed by atoms with Gasteiger partial charge in [-0.15, -0.1) is 0 Å². The quantitative estimate of drug-likeness (QED) is 0.742. The number of nitrogens with one attached hydrogen (secondary N) is 2. The van der Waals surface area contributed by atoms with Crippen molar-refractivity contribution < 1.29 is 9.90 Å². The van der Waals surface area contributed by atoms with Crippen LogP contribution in [0.25, 0.3) is 0 Å². The largest absolute Gasteiger partial charge is 0.388 e. The molecular weight excluding hydrogens is 228 g/mol. The van der Waals surface area contributed by atoms with Gasteiger partial charge in [-0.1, -0.05) is 30.3 Å². The van der Waals surface area contributed by atoms with Crippen molar-refractivity contribution in [2.75, 3.05) is 6.54 Å². The summed E-state index contributed by atoms with van der Waals surface area (Å²) in [5.41, 5.74) is 0.283. The molecular formula is C14H20N2O2. The van der Waals surface area contributed by atoms with Crippen molar-refractivity contribution in [3.8, 4) is 0 Å². The van der Waals surface area contributed by atoms with E-state index in [1.165, 1.54) is 0 Å². The number of urea groups is 1. The molecule has 2 amide bonds. The molecule has 1 saturated carbocycles. The van der Waals surface area contributed by atoms with E-state index in [4.69, 9.17) is 0 Å². The lowest BCUT2D eigenvalue weighted by atomic mass is 10.0. The Morgan fingerprint density at radius 2 is 2.00 bits per heavy atom. The minimum atomic E-state index is -0.774. The van der Waals surface area contributed by atoms with Gasteiger partial charge in [0.15, 0.2) is 0 Å². The summed E-state index contributed by atoms with van der Waals surface area (Å²) in [5, 5.41) is 15.5. The van der Waals surface area contributed by atoms with Crippen molar-refractivity contribution in [1.82, 2.24) is 10.6 Å². The second kappa shape index (κ2) is 5.40. The highest BCUT2D eigenvalue weighted by atomic mass is 16.3. The van der Waals surface area contributed by atoms with Gasteiger partial charge in [0.2, 0.25) is 0 Å². The maximum atomic E-state index is 11.6. The van der Waals surface area contributed by atoms with Crippen molar-refractivity contribution in [3.05, 3.63) is 35.9 Å². The van der Waals surface area contributed by atoms with Gasteiger partial charge in [-0.2, -0.15) is 0 Å². The van der Waals surface area contributed by atoms with Gasteiger partial charge in [-0.3, -0.25) is 0 Å². The predicted octanol–water partition coefficient (Wildman–Crippen LogP) is 1.65. The molecule has 3 N–H and O–H groups in total. The lowest BCUT2D eigenvalue weighted by Gasteiger charge is -2.23. The van der Waals surface area contributed by atoms with Crippen LogP contribution in [0.5, 0.6) is 0 Å². The van der Waals surface area contributed by atoms with E-state index < -0.39 is 5.60 Å². The van der Waals surface area contributed by atoms with E-state index in [1.54, 1.807) is 6.92 Å². The molecule has 2 rings (SSSR count). The molecule has 4 heteroatoms. The number of benzene rings is 1. The van der Waals surface area contributed by atoms with Gasteiger partial charge in [0.25, 0.3) is 0 Å².